The highest BCUT2D eigenvalue weighted by molar-refractivity contribution is 6.31. The van der Waals surface area contributed by atoms with E-state index in [1.54, 1.807) is 31.2 Å². The number of amides is 1. The third kappa shape index (κ3) is 4.84. The van der Waals surface area contributed by atoms with Gasteiger partial charge in [-0.05, 0) is 71.2 Å². The maximum absolute atomic E-state index is 14.5. The van der Waals surface area contributed by atoms with E-state index < -0.39 is 34.3 Å². The Kier molecular flexibility index (Phi) is 7.72. The number of nitrogens with zero attached hydrogens (tertiary/aromatic N) is 2. The molecule has 7 rings (SSSR count). The van der Waals surface area contributed by atoms with Crippen LogP contribution >= 0.6 is 0 Å². The fourth-order valence-electron chi connectivity index (χ4n) is 8.04. The minimum absolute atomic E-state index is 0.00483. The Morgan fingerprint density at radius 1 is 1.04 bits per heavy atom. The summed E-state index contributed by atoms with van der Waals surface area (Å²) in [5.41, 5.74) is 0.832. The lowest BCUT2D eigenvalue weighted by Gasteiger charge is -2.44. The Labute approximate surface area is 288 Å². The van der Waals surface area contributed by atoms with Crippen LogP contribution in [-0.4, -0.2) is 57.7 Å². The molecule has 50 heavy (non-hydrogen) atoms. The van der Waals surface area contributed by atoms with Crippen LogP contribution in [0.3, 0.4) is 0 Å². The van der Waals surface area contributed by atoms with E-state index in [0.717, 1.165) is 17.8 Å². The number of anilines is 2. The van der Waals surface area contributed by atoms with Gasteiger partial charge in [0.2, 0.25) is 0 Å². The molecule has 3 aliphatic heterocycles. The summed E-state index contributed by atoms with van der Waals surface area (Å²) in [6.07, 6.45) is 2.12. The van der Waals surface area contributed by atoms with E-state index in [9.17, 15) is 34.2 Å². The summed E-state index contributed by atoms with van der Waals surface area (Å²) < 4.78 is 7.76. The number of ether oxygens (including phenoxy) is 1. The van der Waals surface area contributed by atoms with Crippen molar-refractivity contribution in [3.63, 3.8) is 0 Å². The quantitative estimate of drug-likeness (QED) is 0.168. The molecule has 12 heteroatoms. The molecule has 2 unspecified atom stereocenters. The summed E-state index contributed by atoms with van der Waals surface area (Å²) >= 11 is 0. The van der Waals surface area contributed by atoms with Crippen LogP contribution in [0.1, 0.15) is 77.6 Å². The molecule has 1 aliphatic carbocycles. The number of fused-ring (bicyclic) bond motifs is 7. The Balaban J connectivity index is 1.31. The predicted molar refractivity (Wildman–Crippen MR) is 185 cm³/mol. The number of carbonyl (C=O) groups is 4. The monoisotopic (exact) mass is 678 g/mol. The van der Waals surface area contributed by atoms with E-state index >= 15 is 0 Å². The molecule has 4 N–H and O–H groups in total. The minimum atomic E-state index is -1.67. The highest BCUT2D eigenvalue weighted by atomic mass is 16.5. The summed E-state index contributed by atoms with van der Waals surface area (Å²) in [4.78, 5) is 68.5. The fourth-order valence-corrected chi connectivity index (χ4v) is 8.04. The first-order valence-corrected chi connectivity index (χ1v) is 16.7. The third-order valence-corrected chi connectivity index (χ3v) is 10.5. The Hall–Kier alpha value is -5.65. The molecule has 3 aromatic rings. The molecule has 258 valence electrons. The average Bonchev–Trinajstić information content (AvgIpc) is 3.36. The zero-order chi connectivity index (χ0) is 35.8. The molecule has 2 bridgehead atoms. The fraction of sp³-hybridized carbons (Fsp3) is 0.342. The third-order valence-electron chi connectivity index (χ3n) is 10.5. The number of benzene rings is 2. The molecule has 4 aliphatic rings. The number of piperidine rings is 1. The number of pyridine rings is 1. The topological polar surface area (TPSA) is 167 Å². The predicted octanol–water partition coefficient (Wildman–Crippen LogP) is 4.22. The van der Waals surface area contributed by atoms with Crippen LogP contribution in [0, 0.1) is 12.8 Å². The molecule has 1 aromatic heterocycles. The summed E-state index contributed by atoms with van der Waals surface area (Å²) in [6, 6.07) is 10.6. The molecular weight excluding hydrogens is 640 g/mol. The average molecular weight is 679 g/mol. The molecule has 3 atom stereocenters. The zero-order valence-corrected chi connectivity index (χ0v) is 28.5. The number of ketones is 3. The van der Waals surface area contributed by atoms with Crippen molar-refractivity contribution in [2.45, 2.75) is 58.9 Å². The number of Topliss-reactive ketones (excluding diaryl/α,β-unsaturated/α-hetero) is 2. The van der Waals surface area contributed by atoms with Crippen molar-refractivity contribution in [1.29, 1.82) is 0 Å². The van der Waals surface area contributed by atoms with Gasteiger partial charge in [-0.3, -0.25) is 24.0 Å². The summed E-state index contributed by atoms with van der Waals surface area (Å²) in [5.74, 6) is -2.87. The number of aromatic hydroxyl groups is 2. The maximum atomic E-state index is 14.5. The highest BCUT2D eigenvalue weighted by Crippen LogP contribution is 2.57. The zero-order valence-electron chi connectivity index (χ0n) is 28.5. The molecule has 0 saturated carbocycles. The van der Waals surface area contributed by atoms with Gasteiger partial charge >= 0.3 is 0 Å². The van der Waals surface area contributed by atoms with Gasteiger partial charge in [0.1, 0.15) is 34.0 Å². The van der Waals surface area contributed by atoms with Crippen LogP contribution in [0.4, 0.5) is 11.4 Å². The second-order valence-corrected chi connectivity index (χ2v) is 13.7. The van der Waals surface area contributed by atoms with E-state index in [-0.39, 0.29) is 62.8 Å². The van der Waals surface area contributed by atoms with E-state index in [1.807, 2.05) is 23.6 Å². The van der Waals surface area contributed by atoms with E-state index in [2.05, 4.69) is 15.5 Å². The molecule has 4 heterocycles. The summed E-state index contributed by atoms with van der Waals surface area (Å²) in [5, 5.41) is 28.0. The van der Waals surface area contributed by atoms with Crippen LogP contribution in [-0.2, 0) is 21.5 Å². The number of phenolic OH excluding ortho intramolecular Hbond substituents is 2. The number of nitrogens with one attached hydrogen (secondary N) is 2. The lowest BCUT2D eigenvalue weighted by atomic mass is 9.70. The molecule has 0 radical (unpaired) electrons. The van der Waals surface area contributed by atoms with Gasteiger partial charge in [-0.15, -0.1) is 0 Å². The van der Waals surface area contributed by atoms with Gasteiger partial charge in [-0.1, -0.05) is 6.07 Å². The van der Waals surface area contributed by atoms with Gasteiger partial charge in [-0.2, -0.15) is 0 Å². The van der Waals surface area contributed by atoms with Gasteiger partial charge in [0.15, 0.2) is 17.3 Å². The minimum Gasteiger partial charge on any atom is -0.507 e. The largest absolute Gasteiger partial charge is 0.507 e. The molecule has 1 amide bonds. The van der Waals surface area contributed by atoms with Crippen LogP contribution in [0.2, 0.25) is 0 Å². The first kappa shape index (κ1) is 32.9. The Morgan fingerprint density at radius 2 is 1.80 bits per heavy atom. The smallest absolute Gasteiger partial charge is 0.251 e. The van der Waals surface area contributed by atoms with Crippen LogP contribution < -0.4 is 25.8 Å². The Morgan fingerprint density at radius 3 is 2.52 bits per heavy atom. The molecule has 2 aromatic carbocycles. The Bertz CT molecular complexity index is 2180. The number of hydrogen-bond donors (Lipinski definition) is 4. The number of carbonyl (C=O) groups excluding carboxylic acids is 4. The van der Waals surface area contributed by atoms with Gasteiger partial charge < -0.3 is 35.1 Å². The van der Waals surface area contributed by atoms with Gasteiger partial charge in [0.25, 0.3) is 11.5 Å². The molecule has 0 spiro atoms. The van der Waals surface area contributed by atoms with Crippen LogP contribution in [0.15, 0.2) is 64.3 Å². The second kappa shape index (κ2) is 11.7. The van der Waals surface area contributed by atoms with Gasteiger partial charge in [0, 0.05) is 66.8 Å². The van der Waals surface area contributed by atoms with Crippen molar-refractivity contribution in [2.24, 2.45) is 5.92 Å². The standard InChI is InChI=1S/C38H38N4O8/c1-6-39-37(49)22-10-11-26(41-15-21-12-23(17-41)25-8-7-9-29(45)42(25)16-21)24(13-22)40-19(3)30-27(44)14-28-38(5,36(30)48)32-34(47)18(2)33(46)31(20(4)43)35(32)50-28/h7-11,13-14,21,23,40,46-47H,6,12,15-17H2,1-5H3,(H,39,49)/t21?,23?,38-/m0/s1. The molecule has 1 saturated heterocycles. The van der Waals surface area contributed by atoms with Gasteiger partial charge in [0.05, 0.1) is 22.5 Å². The summed E-state index contributed by atoms with van der Waals surface area (Å²) in [7, 11) is 0. The first-order chi connectivity index (χ1) is 23.8. The number of aromatic nitrogens is 1. The van der Waals surface area contributed by atoms with E-state index in [1.165, 1.54) is 26.8 Å². The van der Waals surface area contributed by atoms with Crippen molar-refractivity contribution in [3.8, 4) is 17.2 Å². The van der Waals surface area contributed by atoms with Gasteiger partial charge in [-0.25, -0.2) is 0 Å². The highest BCUT2D eigenvalue weighted by Gasteiger charge is 2.56. The normalized spacial score (nSPS) is 22.9. The van der Waals surface area contributed by atoms with Crippen molar-refractivity contribution in [1.82, 2.24) is 9.88 Å². The summed E-state index contributed by atoms with van der Waals surface area (Å²) in [6.45, 7) is 9.90. The lowest BCUT2D eigenvalue weighted by Crippen LogP contribution is -2.47. The van der Waals surface area contributed by atoms with E-state index in [0.29, 0.717) is 37.4 Å². The molecule has 1 fully saturated rings. The number of hydrogen-bond acceptors (Lipinski definition) is 10. The number of rotatable bonds is 6. The van der Waals surface area contributed by atoms with Crippen LogP contribution in [0.25, 0.3) is 0 Å². The lowest BCUT2D eigenvalue weighted by molar-refractivity contribution is -0.123. The van der Waals surface area contributed by atoms with Crippen LogP contribution in [0.5, 0.6) is 17.2 Å². The SMILES string of the molecule is CCNC(=O)c1ccc(N2CC3CC(C2)c2cccc(=O)n2C3)c(NC(C)=C2C(=O)C=C3Oc4c(C(C)=O)c(O)c(C)c(O)c4[C@@]3(C)C2=O)c1. The van der Waals surface area contributed by atoms with Crippen molar-refractivity contribution in [3.05, 3.63) is 97.8 Å². The van der Waals surface area contributed by atoms with Crippen molar-refractivity contribution >= 4 is 34.6 Å². The maximum Gasteiger partial charge on any atom is 0.251 e. The van der Waals surface area contributed by atoms with Crippen molar-refractivity contribution < 1.29 is 34.1 Å². The number of phenols is 2. The van der Waals surface area contributed by atoms with E-state index in [4.69, 9.17) is 4.74 Å². The second-order valence-electron chi connectivity index (χ2n) is 13.7. The number of allylic oxidation sites excluding steroid dienone is 4. The molecular formula is C38H38N4O8. The first-order valence-electron chi connectivity index (χ1n) is 16.7. The van der Waals surface area contributed by atoms with Crippen molar-refractivity contribution in [2.75, 3.05) is 29.9 Å². The molecule has 12 nitrogen and oxygen atoms in total.